The maximum Gasteiger partial charge on any atom is 0.338 e. The van der Waals surface area contributed by atoms with Gasteiger partial charge < -0.3 is 20.4 Å². The van der Waals surface area contributed by atoms with Gasteiger partial charge in [-0.3, -0.25) is 5.84 Å². The Labute approximate surface area is 99.0 Å². The van der Waals surface area contributed by atoms with Gasteiger partial charge in [0, 0.05) is 5.56 Å². The molecule has 0 aliphatic heterocycles. The lowest BCUT2D eigenvalue weighted by Gasteiger charge is -2.19. The Kier molecular flexibility index (Phi) is 4.89. The number of esters is 1. The van der Waals surface area contributed by atoms with Crippen LogP contribution in [0.25, 0.3) is 0 Å². The van der Waals surface area contributed by atoms with Gasteiger partial charge in [-0.05, 0) is 13.0 Å². The zero-order valence-corrected chi connectivity index (χ0v) is 9.46. The van der Waals surface area contributed by atoms with Crippen molar-refractivity contribution < 1.29 is 19.7 Å². The summed E-state index contributed by atoms with van der Waals surface area (Å²) >= 11 is 0. The fraction of sp³-hybridized carbons (Fsp3) is 0.364. The number of nitrogen functional groups attached to an aromatic ring is 1. The number of hydrazine groups is 1. The van der Waals surface area contributed by atoms with E-state index < -0.39 is 18.2 Å². The van der Waals surface area contributed by atoms with E-state index in [1.807, 2.05) is 0 Å². The quantitative estimate of drug-likeness (QED) is 0.326. The lowest BCUT2D eigenvalue weighted by Crippen LogP contribution is -2.30. The Morgan fingerprint density at radius 2 is 2.12 bits per heavy atom. The van der Waals surface area contributed by atoms with E-state index in [9.17, 15) is 15.0 Å². The van der Waals surface area contributed by atoms with Gasteiger partial charge in [-0.1, -0.05) is 18.2 Å². The summed E-state index contributed by atoms with van der Waals surface area (Å²) in [6.07, 6.45) is -3.02. The Hall–Kier alpha value is -1.63. The molecule has 1 aromatic carbocycles. The second-order valence-corrected chi connectivity index (χ2v) is 3.37. The van der Waals surface area contributed by atoms with Crippen LogP contribution in [0, 0.1) is 0 Å². The van der Waals surface area contributed by atoms with Crippen LogP contribution in [0.15, 0.2) is 24.3 Å². The molecule has 0 aliphatic rings. The number of ether oxygens (including phenoxy) is 1. The minimum Gasteiger partial charge on any atom is -0.464 e. The van der Waals surface area contributed by atoms with Crippen molar-refractivity contribution in [3.05, 3.63) is 29.8 Å². The average molecular weight is 240 g/mol. The summed E-state index contributed by atoms with van der Waals surface area (Å²) in [7, 11) is 0. The van der Waals surface area contributed by atoms with Gasteiger partial charge in [-0.25, -0.2) is 4.79 Å². The summed E-state index contributed by atoms with van der Waals surface area (Å²) in [4.78, 5) is 11.3. The standard InChI is InChI=1S/C11H16N2O4/c1-2-17-11(16)10(15)9(14)7-5-3-4-6-8(7)13-12/h3-6,9-10,13-15H,2,12H2,1H3. The third-order valence-corrected chi connectivity index (χ3v) is 2.26. The molecule has 6 heteroatoms. The Morgan fingerprint density at radius 1 is 1.47 bits per heavy atom. The van der Waals surface area contributed by atoms with Crippen molar-refractivity contribution in [1.82, 2.24) is 0 Å². The van der Waals surface area contributed by atoms with E-state index in [-0.39, 0.29) is 6.61 Å². The number of hydrogen-bond donors (Lipinski definition) is 4. The van der Waals surface area contributed by atoms with E-state index in [1.165, 1.54) is 0 Å². The van der Waals surface area contributed by atoms with E-state index in [1.54, 1.807) is 31.2 Å². The second kappa shape index (κ2) is 6.19. The normalized spacial score (nSPS) is 13.9. The van der Waals surface area contributed by atoms with Crippen LogP contribution in [0.3, 0.4) is 0 Å². The topological polar surface area (TPSA) is 105 Å². The highest BCUT2D eigenvalue weighted by Gasteiger charge is 2.28. The van der Waals surface area contributed by atoms with E-state index >= 15 is 0 Å². The molecule has 0 aromatic heterocycles. The van der Waals surface area contributed by atoms with Crippen molar-refractivity contribution >= 4 is 11.7 Å². The lowest BCUT2D eigenvalue weighted by molar-refractivity contribution is -0.159. The highest BCUT2D eigenvalue weighted by atomic mass is 16.5. The first-order chi connectivity index (χ1) is 8.11. The number of para-hydroxylation sites is 1. The minimum atomic E-state index is -1.63. The molecule has 0 heterocycles. The summed E-state index contributed by atoms with van der Waals surface area (Å²) in [6, 6.07) is 6.55. The van der Waals surface area contributed by atoms with Crippen molar-refractivity contribution in [2.75, 3.05) is 12.0 Å². The highest BCUT2D eigenvalue weighted by Crippen LogP contribution is 2.24. The summed E-state index contributed by atoms with van der Waals surface area (Å²) < 4.78 is 4.62. The van der Waals surface area contributed by atoms with Gasteiger partial charge >= 0.3 is 5.97 Å². The van der Waals surface area contributed by atoms with Crippen LogP contribution in [-0.2, 0) is 9.53 Å². The Balaban J connectivity index is 2.88. The fourth-order valence-corrected chi connectivity index (χ4v) is 1.41. The molecule has 0 saturated carbocycles. The van der Waals surface area contributed by atoms with Gasteiger partial charge in [0.1, 0.15) is 6.10 Å². The van der Waals surface area contributed by atoms with Gasteiger partial charge in [-0.15, -0.1) is 0 Å². The van der Waals surface area contributed by atoms with Crippen LogP contribution in [0.1, 0.15) is 18.6 Å². The number of nitrogens with two attached hydrogens (primary N) is 1. The Morgan fingerprint density at radius 3 is 2.71 bits per heavy atom. The van der Waals surface area contributed by atoms with Crippen molar-refractivity contribution in [2.45, 2.75) is 19.1 Å². The average Bonchev–Trinajstić information content (AvgIpc) is 2.37. The number of aliphatic hydroxyl groups excluding tert-OH is 2. The predicted molar refractivity (Wildman–Crippen MR) is 61.9 cm³/mol. The maximum absolute atomic E-state index is 11.3. The molecule has 5 N–H and O–H groups in total. The fourth-order valence-electron chi connectivity index (χ4n) is 1.41. The zero-order valence-electron chi connectivity index (χ0n) is 9.46. The van der Waals surface area contributed by atoms with Crippen LogP contribution in [0.2, 0.25) is 0 Å². The van der Waals surface area contributed by atoms with Crippen molar-refractivity contribution in [1.29, 1.82) is 0 Å². The number of rotatable bonds is 5. The number of hydrogen-bond acceptors (Lipinski definition) is 6. The third kappa shape index (κ3) is 3.16. The molecule has 1 aromatic rings. The van der Waals surface area contributed by atoms with Crippen molar-refractivity contribution in [3.8, 4) is 0 Å². The molecule has 17 heavy (non-hydrogen) atoms. The lowest BCUT2D eigenvalue weighted by atomic mass is 10.0. The number of aliphatic hydroxyl groups is 2. The van der Waals surface area contributed by atoms with Crippen molar-refractivity contribution in [3.63, 3.8) is 0 Å². The second-order valence-electron chi connectivity index (χ2n) is 3.37. The highest BCUT2D eigenvalue weighted by molar-refractivity contribution is 5.76. The largest absolute Gasteiger partial charge is 0.464 e. The first-order valence-corrected chi connectivity index (χ1v) is 5.20. The van der Waals surface area contributed by atoms with Crippen LogP contribution >= 0.6 is 0 Å². The Bertz CT molecular complexity index is 383. The smallest absolute Gasteiger partial charge is 0.338 e. The zero-order chi connectivity index (χ0) is 12.8. The predicted octanol–water partition coefficient (Wildman–Crippen LogP) is -0.0704. The van der Waals surface area contributed by atoms with Gasteiger partial charge in [0.25, 0.3) is 0 Å². The van der Waals surface area contributed by atoms with Gasteiger partial charge in [0.2, 0.25) is 0 Å². The third-order valence-electron chi connectivity index (χ3n) is 2.26. The molecule has 6 nitrogen and oxygen atoms in total. The molecule has 0 spiro atoms. The number of benzene rings is 1. The molecule has 0 saturated heterocycles. The number of carbonyl (C=O) groups is 1. The number of nitrogens with one attached hydrogen (secondary N) is 1. The SMILES string of the molecule is CCOC(=O)C(O)C(O)c1ccccc1NN. The van der Waals surface area contributed by atoms with E-state index in [2.05, 4.69) is 10.2 Å². The first kappa shape index (κ1) is 13.4. The molecule has 94 valence electrons. The first-order valence-electron chi connectivity index (χ1n) is 5.20. The van der Waals surface area contributed by atoms with Crippen LogP contribution in [0.4, 0.5) is 5.69 Å². The summed E-state index contributed by atoms with van der Waals surface area (Å²) in [5.74, 6) is 4.40. The van der Waals surface area contributed by atoms with Crippen LogP contribution in [-0.4, -0.2) is 28.9 Å². The molecule has 0 amide bonds. The van der Waals surface area contributed by atoms with E-state index in [4.69, 9.17) is 5.84 Å². The van der Waals surface area contributed by atoms with Crippen molar-refractivity contribution in [2.24, 2.45) is 5.84 Å². The molecular weight excluding hydrogens is 224 g/mol. The van der Waals surface area contributed by atoms with Crippen LogP contribution in [0.5, 0.6) is 0 Å². The molecular formula is C11H16N2O4. The molecule has 2 unspecified atom stereocenters. The number of carbonyl (C=O) groups excluding carboxylic acids is 1. The summed E-state index contributed by atoms with van der Waals surface area (Å²) in [5.41, 5.74) is 3.14. The summed E-state index contributed by atoms with van der Waals surface area (Å²) in [6.45, 7) is 1.76. The molecule has 0 bridgehead atoms. The van der Waals surface area contributed by atoms with E-state index in [0.717, 1.165) is 0 Å². The maximum atomic E-state index is 11.3. The van der Waals surface area contributed by atoms with E-state index in [0.29, 0.717) is 11.3 Å². The molecule has 0 radical (unpaired) electrons. The molecule has 2 atom stereocenters. The monoisotopic (exact) mass is 240 g/mol. The van der Waals surface area contributed by atoms with Gasteiger partial charge in [0.15, 0.2) is 6.10 Å². The van der Waals surface area contributed by atoms with Crippen LogP contribution < -0.4 is 11.3 Å². The molecule has 1 rings (SSSR count). The molecule has 0 aliphatic carbocycles. The molecule has 0 fully saturated rings. The number of anilines is 1. The van der Waals surface area contributed by atoms with Gasteiger partial charge in [-0.2, -0.15) is 0 Å². The summed E-state index contributed by atoms with van der Waals surface area (Å²) in [5, 5.41) is 19.4. The minimum absolute atomic E-state index is 0.138. The van der Waals surface area contributed by atoms with Gasteiger partial charge in [0.05, 0.1) is 12.3 Å².